The number of aryl methyl sites for hydroxylation is 2. The quantitative estimate of drug-likeness (QED) is 0.575. The standard InChI is InChI=1S/C22H25N3O3S2/c1-4-21-24-18(15-29-21)14-25(3)22(26)20-12-19(11-10-16(20)2)30(27,28)23-13-17-8-6-5-7-9-17/h5-12,15,23H,4,13-14H2,1-3H3. The zero-order valence-electron chi connectivity index (χ0n) is 17.3. The fourth-order valence-corrected chi connectivity index (χ4v) is 4.74. The Morgan fingerprint density at radius 1 is 1.17 bits per heavy atom. The summed E-state index contributed by atoms with van der Waals surface area (Å²) in [5.74, 6) is -0.237. The molecule has 0 saturated heterocycles. The first-order valence-corrected chi connectivity index (χ1v) is 12.0. The molecule has 0 saturated carbocycles. The van der Waals surface area contributed by atoms with Gasteiger partial charge >= 0.3 is 0 Å². The number of thiazole rings is 1. The molecule has 0 aliphatic heterocycles. The second-order valence-corrected chi connectivity index (χ2v) is 9.74. The lowest BCUT2D eigenvalue weighted by Crippen LogP contribution is -2.28. The Morgan fingerprint density at radius 2 is 1.90 bits per heavy atom. The van der Waals surface area contributed by atoms with Gasteiger partial charge in [-0.05, 0) is 36.6 Å². The zero-order chi connectivity index (χ0) is 21.7. The number of sulfonamides is 1. The summed E-state index contributed by atoms with van der Waals surface area (Å²) in [6.07, 6.45) is 0.858. The molecule has 3 rings (SSSR count). The van der Waals surface area contributed by atoms with E-state index in [-0.39, 0.29) is 17.3 Å². The van der Waals surface area contributed by atoms with Gasteiger partial charge in [0.1, 0.15) is 0 Å². The van der Waals surface area contributed by atoms with Crippen LogP contribution in [0.1, 0.15) is 39.1 Å². The molecule has 30 heavy (non-hydrogen) atoms. The van der Waals surface area contributed by atoms with Crippen molar-refractivity contribution in [2.24, 2.45) is 0 Å². The van der Waals surface area contributed by atoms with Crippen molar-refractivity contribution in [3.05, 3.63) is 81.3 Å². The number of aromatic nitrogens is 1. The molecule has 6 nitrogen and oxygen atoms in total. The smallest absolute Gasteiger partial charge is 0.254 e. The van der Waals surface area contributed by atoms with Gasteiger partial charge in [0.2, 0.25) is 10.0 Å². The predicted octanol–water partition coefficient (Wildman–Crippen LogP) is 3.76. The first kappa shape index (κ1) is 22.1. The van der Waals surface area contributed by atoms with Crippen LogP contribution in [0.25, 0.3) is 0 Å². The van der Waals surface area contributed by atoms with E-state index in [1.807, 2.05) is 42.6 Å². The number of nitrogens with one attached hydrogen (secondary N) is 1. The van der Waals surface area contributed by atoms with Gasteiger partial charge in [-0.2, -0.15) is 0 Å². The molecule has 8 heteroatoms. The SMILES string of the molecule is CCc1nc(CN(C)C(=O)c2cc(S(=O)(=O)NCc3ccccc3)ccc2C)cs1. The maximum atomic E-state index is 13.0. The highest BCUT2D eigenvalue weighted by Crippen LogP contribution is 2.19. The molecule has 0 aliphatic carbocycles. The third kappa shape index (κ3) is 5.33. The lowest BCUT2D eigenvalue weighted by molar-refractivity contribution is 0.0782. The fraction of sp³-hybridized carbons (Fsp3) is 0.273. The van der Waals surface area contributed by atoms with Gasteiger partial charge in [0.15, 0.2) is 0 Å². The van der Waals surface area contributed by atoms with Crippen LogP contribution in [0.3, 0.4) is 0 Å². The summed E-state index contributed by atoms with van der Waals surface area (Å²) in [4.78, 5) is 19.1. The van der Waals surface area contributed by atoms with Crippen molar-refractivity contribution in [3.8, 4) is 0 Å². The Balaban J connectivity index is 1.77. The monoisotopic (exact) mass is 443 g/mol. The molecular weight excluding hydrogens is 418 g/mol. The van der Waals surface area contributed by atoms with Crippen molar-refractivity contribution in [1.82, 2.24) is 14.6 Å². The Morgan fingerprint density at radius 3 is 2.57 bits per heavy atom. The normalized spacial score (nSPS) is 11.4. The third-order valence-corrected chi connectivity index (χ3v) is 7.15. The van der Waals surface area contributed by atoms with Crippen molar-refractivity contribution < 1.29 is 13.2 Å². The topological polar surface area (TPSA) is 79.4 Å². The highest BCUT2D eigenvalue weighted by atomic mass is 32.2. The van der Waals surface area contributed by atoms with Crippen LogP contribution in [0, 0.1) is 6.92 Å². The molecule has 1 aromatic heterocycles. The van der Waals surface area contributed by atoms with E-state index >= 15 is 0 Å². The van der Waals surface area contributed by atoms with Crippen LogP contribution in [0.15, 0.2) is 58.8 Å². The van der Waals surface area contributed by atoms with E-state index in [9.17, 15) is 13.2 Å². The summed E-state index contributed by atoms with van der Waals surface area (Å²) in [7, 11) is -2.05. The number of carbonyl (C=O) groups is 1. The lowest BCUT2D eigenvalue weighted by atomic mass is 10.1. The number of hydrogen-bond donors (Lipinski definition) is 1. The molecule has 0 bridgehead atoms. The molecule has 0 radical (unpaired) electrons. The average molecular weight is 444 g/mol. The summed E-state index contributed by atoms with van der Waals surface area (Å²) < 4.78 is 28.1. The van der Waals surface area contributed by atoms with Gasteiger partial charge in [0.25, 0.3) is 5.91 Å². The van der Waals surface area contributed by atoms with E-state index in [0.717, 1.165) is 28.2 Å². The van der Waals surface area contributed by atoms with E-state index in [1.54, 1.807) is 36.3 Å². The number of benzene rings is 2. The van der Waals surface area contributed by atoms with Crippen molar-refractivity contribution in [1.29, 1.82) is 0 Å². The van der Waals surface area contributed by atoms with Crippen molar-refractivity contribution in [2.45, 2.75) is 38.3 Å². The third-order valence-electron chi connectivity index (χ3n) is 4.71. The van der Waals surface area contributed by atoms with Gasteiger partial charge in [-0.1, -0.05) is 43.3 Å². The molecule has 1 amide bonds. The van der Waals surface area contributed by atoms with Gasteiger partial charge in [-0.25, -0.2) is 18.1 Å². The summed E-state index contributed by atoms with van der Waals surface area (Å²) in [6, 6.07) is 13.9. The minimum absolute atomic E-state index is 0.0720. The zero-order valence-corrected chi connectivity index (χ0v) is 18.9. The van der Waals surface area contributed by atoms with Crippen molar-refractivity contribution in [3.63, 3.8) is 0 Å². The minimum atomic E-state index is -3.75. The minimum Gasteiger partial charge on any atom is -0.336 e. The van der Waals surface area contributed by atoms with E-state index in [0.29, 0.717) is 12.1 Å². The number of nitrogens with zero attached hydrogens (tertiary/aromatic N) is 2. The number of amides is 1. The van der Waals surface area contributed by atoms with Crippen LogP contribution in [-0.4, -0.2) is 31.3 Å². The number of hydrogen-bond acceptors (Lipinski definition) is 5. The Kier molecular flexibility index (Phi) is 7.02. The van der Waals surface area contributed by atoms with Gasteiger partial charge in [-0.3, -0.25) is 4.79 Å². The first-order chi connectivity index (χ1) is 14.3. The van der Waals surface area contributed by atoms with E-state index < -0.39 is 10.0 Å². The summed E-state index contributed by atoms with van der Waals surface area (Å²) in [6.45, 7) is 4.40. The highest BCUT2D eigenvalue weighted by molar-refractivity contribution is 7.89. The number of carbonyl (C=O) groups excluding carboxylic acids is 1. The molecule has 3 aromatic rings. The Labute approximate surface area is 181 Å². The molecule has 1 heterocycles. The summed E-state index contributed by atoms with van der Waals surface area (Å²) in [5.41, 5.74) is 2.78. The molecule has 1 N–H and O–H groups in total. The molecule has 0 unspecified atom stereocenters. The summed E-state index contributed by atoms with van der Waals surface area (Å²) in [5, 5.41) is 2.98. The van der Waals surface area contributed by atoms with E-state index in [4.69, 9.17) is 0 Å². The van der Waals surface area contributed by atoms with Gasteiger partial charge in [-0.15, -0.1) is 11.3 Å². The van der Waals surface area contributed by atoms with E-state index in [2.05, 4.69) is 9.71 Å². The molecule has 0 spiro atoms. The number of rotatable bonds is 8. The second kappa shape index (κ2) is 9.51. The van der Waals surface area contributed by atoms with Gasteiger partial charge in [0, 0.05) is 24.5 Å². The summed E-state index contributed by atoms with van der Waals surface area (Å²) >= 11 is 1.57. The van der Waals surface area contributed by atoms with Crippen molar-refractivity contribution in [2.75, 3.05) is 7.05 Å². The largest absolute Gasteiger partial charge is 0.336 e. The Bertz CT molecular complexity index is 1130. The fourth-order valence-electron chi connectivity index (χ4n) is 2.96. The van der Waals surface area contributed by atoms with E-state index in [1.165, 1.54) is 12.1 Å². The van der Waals surface area contributed by atoms with Gasteiger partial charge < -0.3 is 4.90 Å². The van der Waals surface area contributed by atoms with Crippen LogP contribution in [0.5, 0.6) is 0 Å². The molecule has 2 aromatic carbocycles. The first-order valence-electron chi connectivity index (χ1n) is 9.63. The van der Waals surface area contributed by atoms with Crippen LogP contribution < -0.4 is 4.72 Å². The highest BCUT2D eigenvalue weighted by Gasteiger charge is 2.20. The van der Waals surface area contributed by atoms with Crippen LogP contribution in [0.2, 0.25) is 0 Å². The van der Waals surface area contributed by atoms with Crippen LogP contribution in [-0.2, 0) is 29.5 Å². The van der Waals surface area contributed by atoms with Crippen LogP contribution >= 0.6 is 11.3 Å². The molecule has 158 valence electrons. The molecule has 0 atom stereocenters. The predicted molar refractivity (Wildman–Crippen MR) is 119 cm³/mol. The molecule has 0 fully saturated rings. The second-order valence-electron chi connectivity index (χ2n) is 7.03. The average Bonchev–Trinajstić information content (AvgIpc) is 3.20. The maximum absolute atomic E-state index is 13.0. The van der Waals surface area contributed by atoms with Gasteiger partial charge in [0.05, 0.1) is 22.1 Å². The molecular formula is C22H25N3O3S2. The maximum Gasteiger partial charge on any atom is 0.254 e. The van der Waals surface area contributed by atoms with Crippen molar-refractivity contribution >= 4 is 27.3 Å². The van der Waals surface area contributed by atoms with Crippen LogP contribution in [0.4, 0.5) is 0 Å². The Hall–Kier alpha value is -2.55. The molecule has 0 aliphatic rings. The lowest BCUT2D eigenvalue weighted by Gasteiger charge is -2.18.